The summed E-state index contributed by atoms with van der Waals surface area (Å²) < 4.78 is 38.3. The molecule has 150 valence electrons. The van der Waals surface area contributed by atoms with Crippen LogP contribution in [0.25, 0.3) is 0 Å². The molecule has 3 aromatic rings. The lowest BCUT2D eigenvalue weighted by Gasteiger charge is -2.23. The summed E-state index contributed by atoms with van der Waals surface area (Å²) in [5.74, 6) is 0. The Bertz CT molecular complexity index is 963. The zero-order valence-corrected chi connectivity index (χ0v) is 15.9. The Morgan fingerprint density at radius 1 is 1.00 bits per heavy atom. The Labute approximate surface area is 170 Å². The van der Waals surface area contributed by atoms with Crippen molar-refractivity contribution >= 4 is 23.3 Å². The van der Waals surface area contributed by atoms with Crippen LogP contribution in [0.5, 0.6) is 0 Å². The van der Waals surface area contributed by atoms with Crippen molar-refractivity contribution < 1.29 is 18.0 Å². The molecule has 29 heavy (non-hydrogen) atoms. The van der Waals surface area contributed by atoms with E-state index in [-0.39, 0.29) is 13.1 Å². The van der Waals surface area contributed by atoms with Crippen molar-refractivity contribution in [2.75, 3.05) is 5.32 Å². The fourth-order valence-corrected chi connectivity index (χ4v) is 2.89. The van der Waals surface area contributed by atoms with Gasteiger partial charge >= 0.3 is 12.2 Å². The molecule has 1 heterocycles. The topological polar surface area (TPSA) is 45.2 Å². The van der Waals surface area contributed by atoms with Crippen LogP contribution in [0.1, 0.15) is 16.7 Å². The summed E-state index contributed by atoms with van der Waals surface area (Å²) in [6, 6.07) is 14.6. The van der Waals surface area contributed by atoms with E-state index >= 15 is 0 Å². The van der Waals surface area contributed by atoms with E-state index in [0.717, 1.165) is 17.7 Å². The molecule has 0 aliphatic carbocycles. The van der Waals surface area contributed by atoms with Gasteiger partial charge in [0.2, 0.25) is 0 Å². The van der Waals surface area contributed by atoms with Gasteiger partial charge in [-0.1, -0.05) is 35.9 Å². The molecule has 2 amide bonds. The third-order valence-corrected chi connectivity index (χ3v) is 4.35. The van der Waals surface area contributed by atoms with Gasteiger partial charge in [0.25, 0.3) is 0 Å². The number of nitrogens with one attached hydrogen (secondary N) is 1. The Hall–Kier alpha value is -3.06. The van der Waals surface area contributed by atoms with Gasteiger partial charge in [-0.05, 0) is 47.5 Å². The zero-order valence-electron chi connectivity index (χ0n) is 15.2. The maximum absolute atomic E-state index is 12.8. The average molecular weight is 420 g/mol. The molecule has 2 aromatic carbocycles. The molecule has 0 fully saturated rings. The average Bonchev–Trinajstić information content (AvgIpc) is 2.68. The number of benzene rings is 2. The lowest BCUT2D eigenvalue weighted by molar-refractivity contribution is -0.137. The van der Waals surface area contributed by atoms with Crippen molar-refractivity contribution in [1.82, 2.24) is 9.88 Å². The fourth-order valence-electron chi connectivity index (χ4n) is 2.70. The van der Waals surface area contributed by atoms with E-state index in [0.29, 0.717) is 16.3 Å². The molecule has 8 heteroatoms. The third kappa shape index (κ3) is 5.96. The second-order valence-corrected chi connectivity index (χ2v) is 6.79. The Kier molecular flexibility index (Phi) is 6.39. The number of hydrogen-bond acceptors (Lipinski definition) is 2. The van der Waals surface area contributed by atoms with Gasteiger partial charge in [0.15, 0.2) is 0 Å². The molecule has 1 aromatic heterocycles. The SMILES string of the molecule is O=C(Nc1cccc(Cl)c1)N(Cc1ccc(C(F)(F)F)cc1)Cc1cccnc1. The maximum Gasteiger partial charge on any atom is 0.416 e. The van der Waals surface area contributed by atoms with Gasteiger partial charge in [-0.25, -0.2) is 4.79 Å². The molecule has 0 aliphatic rings. The predicted molar refractivity (Wildman–Crippen MR) is 105 cm³/mol. The Morgan fingerprint density at radius 2 is 1.72 bits per heavy atom. The second kappa shape index (κ2) is 8.96. The predicted octanol–water partition coefficient (Wildman–Crippen LogP) is 5.99. The van der Waals surface area contributed by atoms with Crippen molar-refractivity contribution in [3.63, 3.8) is 0 Å². The highest BCUT2D eigenvalue weighted by Crippen LogP contribution is 2.29. The zero-order chi connectivity index (χ0) is 20.9. The smallest absolute Gasteiger partial charge is 0.316 e. The van der Waals surface area contributed by atoms with E-state index in [4.69, 9.17) is 11.6 Å². The van der Waals surface area contributed by atoms with Crippen molar-refractivity contribution in [2.24, 2.45) is 0 Å². The number of aromatic nitrogens is 1. The van der Waals surface area contributed by atoms with E-state index in [2.05, 4.69) is 10.3 Å². The number of carbonyl (C=O) groups is 1. The van der Waals surface area contributed by atoms with Gasteiger partial charge in [0.1, 0.15) is 0 Å². The number of halogens is 4. The first-order valence-electron chi connectivity index (χ1n) is 8.68. The summed E-state index contributed by atoms with van der Waals surface area (Å²) in [7, 11) is 0. The lowest BCUT2D eigenvalue weighted by Crippen LogP contribution is -2.34. The van der Waals surface area contributed by atoms with Crippen molar-refractivity contribution in [3.05, 3.63) is 94.8 Å². The minimum absolute atomic E-state index is 0.124. The molecule has 0 spiro atoms. The van der Waals surface area contributed by atoms with Gasteiger partial charge in [0.05, 0.1) is 5.56 Å². The Balaban J connectivity index is 1.79. The molecular weight excluding hydrogens is 403 g/mol. The number of amides is 2. The minimum Gasteiger partial charge on any atom is -0.316 e. The molecule has 0 aliphatic heterocycles. The van der Waals surface area contributed by atoms with E-state index in [1.54, 1.807) is 42.7 Å². The quantitative estimate of drug-likeness (QED) is 0.552. The summed E-state index contributed by atoms with van der Waals surface area (Å²) in [5.41, 5.74) is 1.15. The molecular formula is C21H17ClF3N3O. The molecule has 0 atom stereocenters. The van der Waals surface area contributed by atoms with E-state index < -0.39 is 17.8 Å². The highest BCUT2D eigenvalue weighted by atomic mass is 35.5. The van der Waals surface area contributed by atoms with Crippen molar-refractivity contribution in [3.8, 4) is 0 Å². The molecule has 0 saturated heterocycles. The van der Waals surface area contributed by atoms with Gasteiger partial charge in [-0.15, -0.1) is 0 Å². The van der Waals surface area contributed by atoms with Crippen LogP contribution in [-0.2, 0) is 19.3 Å². The number of rotatable bonds is 5. The molecule has 0 radical (unpaired) electrons. The number of carbonyl (C=O) groups excluding carboxylic acids is 1. The number of urea groups is 1. The molecule has 0 unspecified atom stereocenters. The first-order valence-corrected chi connectivity index (χ1v) is 9.05. The molecule has 3 rings (SSSR count). The van der Waals surface area contributed by atoms with Crippen LogP contribution in [-0.4, -0.2) is 15.9 Å². The summed E-state index contributed by atoms with van der Waals surface area (Å²) in [6.07, 6.45) is -1.15. The van der Waals surface area contributed by atoms with E-state index in [1.165, 1.54) is 17.0 Å². The number of anilines is 1. The van der Waals surface area contributed by atoms with Crippen LogP contribution < -0.4 is 5.32 Å². The summed E-state index contributed by atoms with van der Waals surface area (Å²) in [5, 5.41) is 3.24. The summed E-state index contributed by atoms with van der Waals surface area (Å²) >= 11 is 5.95. The van der Waals surface area contributed by atoms with Crippen LogP contribution in [0, 0.1) is 0 Å². The first kappa shape index (κ1) is 20.7. The van der Waals surface area contributed by atoms with Crippen LogP contribution in [0.3, 0.4) is 0 Å². The minimum atomic E-state index is -4.40. The molecule has 1 N–H and O–H groups in total. The van der Waals surface area contributed by atoms with E-state index in [1.807, 2.05) is 6.07 Å². The lowest BCUT2D eigenvalue weighted by atomic mass is 10.1. The Morgan fingerprint density at radius 3 is 2.34 bits per heavy atom. The number of pyridine rings is 1. The van der Waals surface area contributed by atoms with Crippen LogP contribution in [0.2, 0.25) is 5.02 Å². The highest BCUT2D eigenvalue weighted by Gasteiger charge is 2.30. The van der Waals surface area contributed by atoms with Crippen LogP contribution in [0.15, 0.2) is 73.1 Å². The monoisotopic (exact) mass is 419 g/mol. The summed E-state index contributed by atoms with van der Waals surface area (Å²) in [6.45, 7) is 0.362. The highest BCUT2D eigenvalue weighted by molar-refractivity contribution is 6.30. The van der Waals surface area contributed by atoms with Crippen LogP contribution >= 0.6 is 11.6 Å². The van der Waals surface area contributed by atoms with Crippen molar-refractivity contribution in [1.29, 1.82) is 0 Å². The number of nitrogens with zero attached hydrogens (tertiary/aromatic N) is 2. The normalized spacial score (nSPS) is 11.2. The number of alkyl halides is 3. The third-order valence-electron chi connectivity index (χ3n) is 4.11. The van der Waals surface area contributed by atoms with Gasteiger partial charge in [-0.2, -0.15) is 13.2 Å². The summed E-state index contributed by atoms with van der Waals surface area (Å²) in [4.78, 5) is 18.4. The van der Waals surface area contributed by atoms with Gasteiger partial charge in [-0.3, -0.25) is 4.98 Å². The largest absolute Gasteiger partial charge is 0.416 e. The molecule has 4 nitrogen and oxygen atoms in total. The van der Waals surface area contributed by atoms with Gasteiger partial charge in [0, 0.05) is 36.2 Å². The van der Waals surface area contributed by atoms with Crippen molar-refractivity contribution in [2.45, 2.75) is 19.3 Å². The number of hydrogen-bond donors (Lipinski definition) is 1. The van der Waals surface area contributed by atoms with Gasteiger partial charge < -0.3 is 10.2 Å². The fraction of sp³-hybridized carbons (Fsp3) is 0.143. The standard InChI is InChI=1S/C21H17ClF3N3O/c22-18-4-1-5-19(11-18)27-20(29)28(14-16-3-2-10-26-12-16)13-15-6-8-17(9-7-15)21(23,24)25/h1-12H,13-14H2,(H,27,29). The van der Waals surface area contributed by atoms with Crippen LogP contribution in [0.4, 0.5) is 23.7 Å². The molecule has 0 bridgehead atoms. The molecule has 0 saturated carbocycles. The van der Waals surface area contributed by atoms with E-state index in [9.17, 15) is 18.0 Å². The first-order chi connectivity index (χ1) is 13.8. The second-order valence-electron chi connectivity index (χ2n) is 6.35. The maximum atomic E-state index is 12.8.